The van der Waals surface area contributed by atoms with Crippen molar-refractivity contribution in [3.05, 3.63) is 54.1 Å². The predicted molar refractivity (Wildman–Crippen MR) is 124 cm³/mol. The van der Waals surface area contributed by atoms with Crippen molar-refractivity contribution in [2.75, 3.05) is 44.0 Å². The van der Waals surface area contributed by atoms with Gasteiger partial charge in [0.15, 0.2) is 0 Å². The molecular weight excluding hydrogens is 394 g/mol. The molecule has 0 fully saturated rings. The molecule has 2 aromatic carbocycles. The van der Waals surface area contributed by atoms with Crippen LogP contribution in [-0.4, -0.2) is 45.2 Å². The Hall–Kier alpha value is -3.06. The molecule has 0 aliphatic heterocycles. The summed E-state index contributed by atoms with van der Waals surface area (Å²) in [6.45, 7) is 6.26. The molecule has 2 rings (SSSR count). The van der Waals surface area contributed by atoms with Crippen molar-refractivity contribution < 1.29 is 19.1 Å². The first-order chi connectivity index (χ1) is 15.0. The molecule has 0 saturated heterocycles. The minimum atomic E-state index is -0.199. The number of hydrogen-bond donors (Lipinski definition) is 3. The molecule has 168 valence electrons. The molecule has 0 heterocycles. The fourth-order valence-electron chi connectivity index (χ4n) is 2.73. The van der Waals surface area contributed by atoms with E-state index in [9.17, 15) is 9.59 Å². The predicted octanol–water partition coefficient (Wildman–Crippen LogP) is 3.93. The molecule has 31 heavy (non-hydrogen) atoms. The lowest BCUT2D eigenvalue weighted by Gasteiger charge is -2.11. The molecule has 0 aliphatic rings. The van der Waals surface area contributed by atoms with Gasteiger partial charge in [-0.2, -0.15) is 0 Å². The van der Waals surface area contributed by atoms with Gasteiger partial charge in [0.25, 0.3) is 5.91 Å². The maximum atomic E-state index is 12.3. The lowest BCUT2D eigenvalue weighted by atomic mass is 10.1. The second kappa shape index (κ2) is 13.3. The molecule has 0 aromatic heterocycles. The summed E-state index contributed by atoms with van der Waals surface area (Å²) < 4.78 is 10.7. The van der Waals surface area contributed by atoms with Gasteiger partial charge >= 0.3 is 0 Å². The van der Waals surface area contributed by atoms with E-state index in [4.69, 9.17) is 9.47 Å². The third-order valence-electron chi connectivity index (χ3n) is 4.49. The number of methoxy groups -OCH3 is 1. The summed E-state index contributed by atoms with van der Waals surface area (Å²) in [6.07, 6.45) is 1.76. The standard InChI is InChI=1S/C24H33N3O4/c1-18(2)12-15-31-22-10-8-20(9-11-22)26-17-23(28)27-21-7-4-6-19(16-21)24(29)25-13-5-14-30-3/h4,6-11,16,18,26H,5,12-15,17H2,1-3H3,(H,25,29)(H,27,28). The monoisotopic (exact) mass is 427 g/mol. The van der Waals surface area contributed by atoms with Crippen LogP contribution < -0.4 is 20.7 Å². The van der Waals surface area contributed by atoms with Gasteiger partial charge in [-0.3, -0.25) is 9.59 Å². The van der Waals surface area contributed by atoms with E-state index in [0.717, 1.165) is 24.3 Å². The van der Waals surface area contributed by atoms with Gasteiger partial charge < -0.3 is 25.4 Å². The van der Waals surface area contributed by atoms with Crippen LogP contribution in [-0.2, 0) is 9.53 Å². The number of amides is 2. The Kier molecular flexibility index (Phi) is 10.4. The fraction of sp³-hybridized carbons (Fsp3) is 0.417. The average molecular weight is 428 g/mol. The lowest BCUT2D eigenvalue weighted by Crippen LogP contribution is -2.25. The van der Waals surface area contributed by atoms with Gasteiger partial charge in [-0.1, -0.05) is 19.9 Å². The van der Waals surface area contributed by atoms with Gasteiger partial charge in [-0.15, -0.1) is 0 Å². The Morgan fingerprint density at radius 3 is 2.48 bits per heavy atom. The number of hydrogen-bond acceptors (Lipinski definition) is 5. The third kappa shape index (κ3) is 9.53. The van der Waals surface area contributed by atoms with Crippen LogP contribution in [0.4, 0.5) is 11.4 Å². The largest absolute Gasteiger partial charge is 0.494 e. The molecular formula is C24H33N3O4. The van der Waals surface area contributed by atoms with E-state index < -0.39 is 0 Å². The van der Waals surface area contributed by atoms with Crippen molar-refractivity contribution in [2.45, 2.75) is 26.7 Å². The van der Waals surface area contributed by atoms with Crippen LogP contribution in [0, 0.1) is 5.92 Å². The first-order valence-electron chi connectivity index (χ1n) is 10.6. The molecule has 7 heteroatoms. The first-order valence-corrected chi connectivity index (χ1v) is 10.6. The minimum Gasteiger partial charge on any atom is -0.494 e. The highest BCUT2D eigenvalue weighted by Gasteiger charge is 2.08. The van der Waals surface area contributed by atoms with Crippen molar-refractivity contribution >= 4 is 23.2 Å². The summed E-state index contributed by atoms with van der Waals surface area (Å²) in [6, 6.07) is 14.4. The van der Waals surface area contributed by atoms with Gasteiger partial charge in [0, 0.05) is 37.2 Å². The third-order valence-corrected chi connectivity index (χ3v) is 4.49. The van der Waals surface area contributed by atoms with Crippen LogP contribution in [0.15, 0.2) is 48.5 Å². The van der Waals surface area contributed by atoms with Crippen molar-refractivity contribution in [1.29, 1.82) is 0 Å². The topological polar surface area (TPSA) is 88.7 Å². The van der Waals surface area contributed by atoms with Crippen molar-refractivity contribution in [3.8, 4) is 5.75 Å². The summed E-state index contributed by atoms with van der Waals surface area (Å²) in [4.78, 5) is 24.5. The Labute approximate surface area is 184 Å². The summed E-state index contributed by atoms with van der Waals surface area (Å²) in [5.41, 5.74) is 1.90. The number of ether oxygens (including phenoxy) is 2. The SMILES string of the molecule is COCCCNC(=O)c1cccc(NC(=O)CNc2ccc(OCCC(C)C)cc2)c1. The second-order valence-corrected chi connectivity index (χ2v) is 7.64. The molecule has 0 bridgehead atoms. The van der Waals surface area contributed by atoms with E-state index in [0.29, 0.717) is 36.9 Å². The first kappa shape index (κ1) is 24.2. The summed E-state index contributed by atoms with van der Waals surface area (Å²) in [5, 5.41) is 8.72. The normalized spacial score (nSPS) is 10.6. The van der Waals surface area contributed by atoms with E-state index in [1.54, 1.807) is 31.4 Å². The van der Waals surface area contributed by atoms with Crippen molar-refractivity contribution in [3.63, 3.8) is 0 Å². The second-order valence-electron chi connectivity index (χ2n) is 7.64. The van der Waals surface area contributed by atoms with E-state index >= 15 is 0 Å². The van der Waals surface area contributed by atoms with Crippen LogP contribution in [0.1, 0.15) is 37.0 Å². The Balaban J connectivity index is 1.77. The number of carbonyl (C=O) groups excluding carboxylic acids is 2. The van der Waals surface area contributed by atoms with E-state index in [1.165, 1.54) is 0 Å². The fourth-order valence-corrected chi connectivity index (χ4v) is 2.73. The number of rotatable bonds is 13. The van der Waals surface area contributed by atoms with Crippen LogP contribution in [0.5, 0.6) is 5.75 Å². The molecule has 2 amide bonds. The van der Waals surface area contributed by atoms with Gasteiger partial charge in [0.05, 0.1) is 13.2 Å². The number of nitrogens with one attached hydrogen (secondary N) is 3. The summed E-state index contributed by atoms with van der Waals surface area (Å²) in [7, 11) is 1.63. The molecule has 2 aromatic rings. The smallest absolute Gasteiger partial charge is 0.251 e. The maximum absolute atomic E-state index is 12.3. The average Bonchev–Trinajstić information content (AvgIpc) is 2.76. The number of carbonyl (C=O) groups is 2. The van der Waals surface area contributed by atoms with Gasteiger partial charge in [0.1, 0.15) is 5.75 Å². The molecule has 0 unspecified atom stereocenters. The zero-order valence-electron chi connectivity index (χ0n) is 18.6. The van der Waals surface area contributed by atoms with Gasteiger partial charge in [-0.05, 0) is 61.2 Å². The lowest BCUT2D eigenvalue weighted by molar-refractivity contribution is -0.114. The Bertz CT molecular complexity index is 822. The van der Waals surface area contributed by atoms with Crippen LogP contribution >= 0.6 is 0 Å². The number of benzene rings is 2. The highest BCUT2D eigenvalue weighted by Crippen LogP contribution is 2.16. The minimum absolute atomic E-state index is 0.112. The number of anilines is 2. The molecule has 0 saturated carbocycles. The molecule has 0 aliphatic carbocycles. The highest BCUT2D eigenvalue weighted by atomic mass is 16.5. The Morgan fingerprint density at radius 1 is 1.00 bits per heavy atom. The van der Waals surface area contributed by atoms with Gasteiger partial charge in [-0.25, -0.2) is 0 Å². The van der Waals surface area contributed by atoms with Crippen LogP contribution in [0.2, 0.25) is 0 Å². The molecule has 3 N–H and O–H groups in total. The summed E-state index contributed by atoms with van der Waals surface area (Å²) >= 11 is 0. The zero-order chi connectivity index (χ0) is 22.5. The van der Waals surface area contributed by atoms with E-state index in [1.807, 2.05) is 24.3 Å². The highest BCUT2D eigenvalue weighted by molar-refractivity contribution is 5.98. The Morgan fingerprint density at radius 2 is 1.77 bits per heavy atom. The molecule has 0 atom stereocenters. The quantitative estimate of drug-likeness (QED) is 0.422. The molecule has 0 radical (unpaired) electrons. The van der Waals surface area contributed by atoms with Crippen LogP contribution in [0.3, 0.4) is 0 Å². The summed E-state index contributed by atoms with van der Waals surface area (Å²) in [5.74, 6) is 1.04. The maximum Gasteiger partial charge on any atom is 0.251 e. The van der Waals surface area contributed by atoms with Crippen molar-refractivity contribution in [1.82, 2.24) is 5.32 Å². The molecule has 0 spiro atoms. The molecule has 7 nitrogen and oxygen atoms in total. The van der Waals surface area contributed by atoms with Gasteiger partial charge in [0.2, 0.25) is 5.91 Å². The van der Waals surface area contributed by atoms with Crippen LogP contribution in [0.25, 0.3) is 0 Å². The zero-order valence-corrected chi connectivity index (χ0v) is 18.6. The van der Waals surface area contributed by atoms with E-state index in [2.05, 4.69) is 29.8 Å². The van der Waals surface area contributed by atoms with E-state index in [-0.39, 0.29) is 18.4 Å². The van der Waals surface area contributed by atoms with Crippen molar-refractivity contribution in [2.24, 2.45) is 5.92 Å².